The molecule has 0 aliphatic carbocycles. The molecular weight excluding hydrogens is 348 g/mol. The minimum Gasteiger partial charge on any atom is -0.508 e. The molecule has 0 saturated carbocycles. The van der Waals surface area contributed by atoms with Gasteiger partial charge in [-0.05, 0) is 66.1 Å². The summed E-state index contributed by atoms with van der Waals surface area (Å²) in [6, 6.07) is 24.0. The van der Waals surface area contributed by atoms with Crippen LogP contribution in [0.2, 0.25) is 0 Å². The van der Waals surface area contributed by atoms with Crippen LogP contribution in [-0.2, 0) is 6.54 Å². The van der Waals surface area contributed by atoms with Gasteiger partial charge >= 0.3 is 0 Å². The number of nitrogens with two attached hydrogens (primary N) is 1. The maximum absolute atomic E-state index is 9.68. The number of phenols is 1. The molecular formula is C24H24N2O2. The van der Waals surface area contributed by atoms with E-state index in [4.69, 9.17) is 10.5 Å². The summed E-state index contributed by atoms with van der Waals surface area (Å²) in [5.74, 6) is 1.11. The molecule has 0 aliphatic heterocycles. The Morgan fingerprint density at radius 3 is 2.36 bits per heavy atom. The smallest absolute Gasteiger partial charge is 0.119 e. The van der Waals surface area contributed by atoms with E-state index >= 15 is 0 Å². The molecule has 28 heavy (non-hydrogen) atoms. The van der Waals surface area contributed by atoms with Crippen LogP contribution < -0.4 is 10.5 Å². The average Bonchev–Trinajstić information content (AvgIpc) is 3.00. The lowest BCUT2D eigenvalue weighted by molar-refractivity contribution is 0.328. The van der Waals surface area contributed by atoms with Gasteiger partial charge in [0.05, 0.1) is 5.69 Å². The predicted molar refractivity (Wildman–Crippen MR) is 114 cm³/mol. The Morgan fingerprint density at radius 2 is 1.64 bits per heavy atom. The summed E-state index contributed by atoms with van der Waals surface area (Å²) < 4.78 is 7.92. The Morgan fingerprint density at radius 1 is 0.929 bits per heavy atom. The summed E-state index contributed by atoms with van der Waals surface area (Å²) in [5.41, 5.74) is 11.4. The fourth-order valence-corrected chi connectivity index (χ4v) is 3.68. The SMILES string of the molecule is Cc1c(-c2ccc(O)cc2)n(Cc2ccc(OCCN)cc2)c2ccccc12. The van der Waals surface area contributed by atoms with E-state index in [1.165, 1.54) is 27.7 Å². The Kier molecular flexibility index (Phi) is 5.04. The summed E-state index contributed by atoms with van der Waals surface area (Å²) in [6.07, 6.45) is 0. The first-order valence-electron chi connectivity index (χ1n) is 9.46. The van der Waals surface area contributed by atoms with Crippen molar-refractivity contribution in [3.63, 3.8) is 0 Å². The molecule has 1 heterocycles. The second kappa shape index (κ2) is 7.79. The van der Waals surface area contributed by atoms with Gasteiger partial charge in [-0.2, -0.15) is 0 Å². The van der Waals surface area contributed by atoms with Gasteiger partial charge in [-0.15, -0.1) is 0 Å². The highest BCUT2D eigenvalue weighted by Gasteiger charge is 2.16. The molecule has 0 bridgehead atoms. The highest BCUT2D eigenvalue weighted by atomic mass is 16.5. The third kappa shape index (κ3) is 3.47. The molecule has 0 atom stereocenters. The zero-order valence-electron chi connectivity index (χ0n) is 15.9. The van der Waals surface area contributed by atoms with E-state index in [-0.39, 0.29) is 5.75 Å². The van der Waals surface area contributed by atoms with Crippen LogP contribution in [0.3, 0.4) is 0 Å². The van der Waals surface area contributed by atoms with E-state index in [0.717, 1.165) is 17.9 Å². The highest BCUT2D eigenvalue weighted by molar-refractivity contribution is 5.91. The Hall–Kier alpha value is -3.24. The van der Waals surface area contributed by atoms with Gasteiger partial charge in [0, 0.05) is 24.0 Å². The van der Waals surface area contributed by atoms with Crippen molar-refractivity contribution in [3.8, 4) is 22.8 Å². The molecule has 0 saturated heterocycles. The number of nitrogens with zero attached hydrogens (tertiary/aromatic N) is 1. The van der Waals surface area contributed by atoms with Crippen LogP contribution in [0.1, 0.15) is 11.1 Å². The maximum atomic E-state index is 9.68. The number of ether oxygens (including phenoxy) is 1. The van der Waals surface area contributed by atoms with Crippen LogP contribution in [0.25, 0.3) is 22.2 Å². The predicted octanol–water partition coefficient (Wildman–Crippen LogP) is 4.71. The van der Waals surface area contributed by atoms with Gasteiger partial charge in [-0.25, -0.2) is 0 Å². The first-order chi connectivity index (χ1) is 13.7. The molecule has 3 aromatic carbocycles. The average molecular weight is 372 g/mol. The molecule has 4 aromatic rings. The van der Waals surface area contributed by atoms with E-state index in [1.54, 1.807) is 12.1 Å². The lowest BCUT2D eigenvalue weighted by Crippen LogP contribution is -2.10. The molecule has 142 valence electrons. The molecule has 3 N–H and O–H groups in total. The van der Waals surface area contributed by atoms with Crippen LogP contribution in [0, 0.1) is 6.92 Å². The number of aromatic hydroxyl groups is 1. The molecule has 0 unspecified atom stereocenters. The molecule has 1 aromatic heterocycles. The molecule has 4 nitrogen and oxygen atoms in total. The van der Waals surface area contributed by atoms with Gasteiger partial charge in [0.15, 0.2) is 0 Å². The third-order valence-electron chi connectivity index (χ3n) is 5.02. The number of aromatic nitrogens is 1. The number of phenolic OH excluding ortho intramolecular Hbond substituents is 1. The topological polar surface area (TPSA) is 60.4 Å². The van der Waals surface area contributed by atoms with Crippen molar-refractivity contribution in [2.24, 2.45) is 5.73 Å². The third-order valence-corrected chi connectivity index (χ3v) is 5.02. The lowest BCUT2D eigenvalue weighted by Gasteiger charge is -2.13. The van der Waals surface area contributed by atoms with Crippen molar-refractivity contribution in [1.29, 1.82) is 0 Å². The molecule has 0 radical (unpaired) electrons. The summed E-state index contributed by atoms with van der Waals surface area (Å²) in [4.78, 5) is 0. The van der Waals surface area contributed by atoms with Gasteiger partial charge < -0.3 is 20.1 Å². The van der Waals surface area contributed by atoms with Crippen molar-refractivity contribution in [2.45, 2.75) is 13.5 Å². The van der Waals surface area contributed by atoms with Crippen LogP contribution in [0.15, 0.2) is 72.8 Å². The van der Waals surface area contributed by atoms with Gasteiger partial charge in [0.1, 0.15) is 18.1 Å². The highest BCUT2D eigenvalue weighted by Crippen LogP contribution is 2.34. The minimum absolute atomic E-state index is 0.275. The summed E-state index contributed by atoms with van der Waals surface area (Å²) in [5, 5.41) is 10.9. The van der Waals surface area contributed by atoms with Gasteiger partial charge in [0.25, 0.3) is 0 Å². The number of hydrogen-bond acceptors (Lipinski definition) is 3. The Balaban J connectivity index is 1.77. The number of benzene rings is 3. The summed E-state index contributed by atoms with van der Waals surface area (Å²) >= 11 is 0. The van der Waals surface area contributed by atoms with E-state index in [2.05, 4.69) is 47.9 Å². The van der Waals surface area contributed by atoms with E-state index in [9.17, 15) is 5.11 Å². The summed E-state index contributed by atoms with van der Waals surface area (Å²) in [6.45, 7) is 3.94. The normalized spacial score (nSPS) is 11.1. The van der Waals surface area contributed by atoms with Crippen molar-refractivity contribution >= 4 is 10.9 Å². The van der Waals surface area contributed by atoms with Crippen molar-refractivity contribution in [3.05, 3.63) is 83.9 Å². The molecule has 4 rings (SSSR count). The fourth-order valence-electron chi connectivity index (χ4n) is 3.68. The minimum atomic E-state index is 0.275. The first-order valence-corrected chi connectivity index (χ1v) is 9.46. The van der Waals surface area contributed by atoms with Crippen LogP contribution >= 0.6 is 0 Å². The first kappa shape index (κ1) is 18.1. The van der Waals surface area contributed by atoms with E-state index in [1.807, 2.05) is 24.3 Å². The van der Waals surface area contributed by atoms with Crippen LogP contribution in [0.4, 0.5) is 0 Å². The molecule has 0 fully saturated rings. The second-order valence-electron chi connectivity index (χ2n) is 6.90. The maximum Gasteiger partial charge on any atom is 0.119 e. The zero-order chi connectivity index (χ0) is 19.5. The number of hydrogen-bond donors (Lipinski definition) is 2. The number of fused-ring (bicyclic) bond motifs is 1. The monoisotopic (exact) mass is 372 g/mol. The van der Waals surface area contributed by atoms with Crippen molar-refractivity contribution < 1.29 is 9.84 Å². The van der Waals surface area contributed by atoms with E-state index < -0.39 is 0 Å². The van der Waals surface area contributed by atoms with Crippen molar-refractivity contribution in [2.75, 3.05) is 13.2 Å². The standard InChI is InChI=1S/C24H24N2O2/c1-17-22-4-2-3-5-23(22)26(24(17)19-8-10-20(27)11-9-19)16-18-6-12-21(13-7-18)28-15-14-25/h2-13,27H,14-16,25H2,1H3. The second-order valence-corrected chi connectivity index (χ2v) is 6.90. The number of rotatable bonds is 6. The number of aryl methyl sites for hydroxylation is 1. The zero-order valence-corrected chi connectivity index (χ0v) is 15.9. The molecule has 0 aliphatic rings. The molecule has 4 heteroatoms. The quantitative estimate of drug-likeness (QED) is 0.515. The largest absolute Gasteiger partial charge is 0.508 e. The van der Waals surface area contributed by atoms with Crippen molar-refractivity contribution in [1.82, 2.24) is 4.57 Å². The van der Waals surface area contributed by atoms with Gasteiger partial charge in [-0.3, -0.25) is 0 Å². The fraction of sp³-hybridized carbons (Fsp3) is 0.167. The van der Waals surface area contributed by atoms with Crippen LogP contribution in [0.5, 0.6) is 11.5 Å². The van der Waals surface area contributed by atoms with Gasteiger partial charge in [-0.1, -0.05) is 30.3 Å². The Bertz CT molecular complexity index is 1080. The number of para-hydroxylation sites is 1. The Labute approximate surface area is 164 Å². The molecule has 0 spiro atoms. The van der Waals surface area contributed by atoms with Crippen LogP contribution in [-0.4, -0.2) is 22.8 Å². The lowest BCUT2D eigenvalue weighted by atomic mass is 10.1. The summed E-state index contributed by atoms with van der Waals surface area (Å²) in [7, 11) is 0. The molecule has 0 amide bonds. The van der Waals surface area contributed by atoms with Gasteiger partial charge in [0.2, 0.25) is 0 Å². The van der Waals surface area contributed by atoms with E-state index in [0.29, 0.717) is 13.2 Å².